The summed E-state index contributed by atoms with van der Waals surface area (Å²) in [6.45, 7) is 5.58. The highest BCUT2D eigenvalue weighted by Crippen LogP contribution is 2.36. The molecule has 3 rings (SSSR count). The molecule has 0 radical (unpaired) electrons. The minimum Gasteiger partial charge on any atom is -0.493 e. The van der Waals surface area contributed by atoms with Crippen LogP contribution >= 0.6 is 0 Å². The molecule has 0 N–H and O–H groups in total. The lowest BCUT2D eigenvalue weighted by Gasteiger charge is -2.15. The summed E-state index contributed by atoms with van der Waals surface area (Å²) in [6, 6.07) is 13.0. The molecule has 0 fully saturated rings. The van der Waals surface area contributed by atoms with Crippen molar-refractivity contribution in [2.24, 2.45) is 0 Å². The molecular weight excluding hydrogens is 360 g/mol. The number of hydrogen-bond donors (Lipinski definition) is 0. The van der Waals surface area contributed by atoms with Crippen molar-refractivity contribution in [1.82, 2.24) is 10.1 Å². The van der Waals surface area contributed by atoms with Gasteiger partial charge in [0.25, 0.3) is 0 Å². The number of aromatic nitrogens is 2. The van der Waals surface area contributed by atoms with Gasteiger partial charge in [-0.3, -0.25) is 0 Å². The Bertz CT molecular complexity index is 951. The van der Waals surface area contributed by atoms with Gasteiger partial charge >= 0.3 is 5.97 Å². The predicted octanol–water partition coefficient (Wildman–Crippen LogP) is 4.20. The highest BCUT2D eigenvalue weighted by atomic mass is 16.5. The molecule has 0 unspecified atom stereocenters. The number of esters is 1. The SMILES string of the molecule is COc1cc(-c2noc(C)n2)c(C(=O)OC(C)C)cc1OCc1ccccc1. The molecule has 0 saturated carbocycles. The number of aryl methyl sites for hydroxylation is 1. The summed E-state index contributed by atoms with van der Waals surface area (Å²) < 4.78 is 21.8. The summed E-state index contributed by atoms with van der Waals surface area (Å²) in [7, 11) is 1.53. The van der Waals surface area contributed by atoms with Gasteiger partial charge in [0.15, 0.2) is 11.5 Å². The summed E-state index contributed by atoms with van der Waals surface area (Å²) in [4.78, 5) is 16.9. The monoisotopic (exact) mass is 382 g/mol. The second kappa shape index (κ2) is 8.56. The molecular formula is C21H22N2O5. The smallest absolute Gasteiger partial charge is 0.339 e. The number of nitrogens with zero attached hydrogens (tertiary/aromatic N) is 2. The van der Waals surface area contributed by atoms with Gasteiger partial charge in [0.05, 0.1) is 18.8 Å². The first kappa shape index (κ1) is 19.4. The molecule has 7 heteroatoms. The first-order valence-electron chi connectivity index (χ1n) is 8.88. The summed E-state index contributed by atoms with van der Waals surface area (Å²) in [5.41, 5.74) is 1.72. The van der Waals surface area contributed by atoms with Crippen molar-refractivity contribution < 1.29 is 23.5 Å². The first-order valence-corrected chi connectivity index (χ1v) is 8.88. The zero-order valence-electron chi connectivity index (χ0n) is 16.3. The van der Waals surface area contributed by atoms with Crippen LogP contribution in [0.1, 0.15) is 35.7 Å². The molecule has 0 bridgehead atoms. The second-order valence-corrected chi connectivity index (χ2v) is 6.41. The zero-order valence-corrected chi connectivity index (χ0v) is 16.3. The van der Waals surface area contributed by atoms with E-state index >= 15 is 0 Å². The Morgan fingerprint density at radius 2 is 1.89 bits per heavy atom. The Hall–Kier alpha value is -3.35. The molecule has 3 aromatic rings. The van der Waals surface area contributed by atoms with Crippen LogP contribution in [0.4, 0.5) is 0 Å². The Labute approximate surface area is 163 Å². The highest BCUT2D eigenvalue weighted by Gasteiger charge is 2.23. The van der Waals surface area contributed by atoms with Gasteiger partial charge in [-0.25, -0.2) is 4.79 Å². The maximum Gasteiger partial charge on any atom is 0.339 e. The predicted molar refractivity (Wildman–Crippen MR) is 102 cm³/mol. The van der Waals surface area contributed by atoms with Gasteiger partial charge in [0, 0.05) is 12.5 Å². The van der Waals surface area contributed by atoms with Crippen molar-refractivity contribution in [2.45, 2.75) is 33.5 Å². The number of hydrogen-bond acceptors (Lipinski definition) is 7. The molecule has 0 atom stereocenters. The molecule has 1 aromatic heterocycles. The number of methoxy groups -OCH3 is 1. The van der Waals surface area contributed by atoms with Gasteiger partial charge in [0.2, 0.25) is 11.7 Å². The summed E-state index contributed by atoms with van der Waals surface area (Å²) >= 11 is 0. The van der Waals surface area contributed by atoms with Crippen molar-refractivity contribution in [3.8, 4) is 22.9 Å². The van der Waals surface area contributed by atoms with E-state index in [1.807, 2.05) is 30.3 Å². The van der Waals surface area contributed by atoms with Crippen LogP contribution in [-0.4, -0.2) is 29.3 Å². The van der Waals surface area contributed by atoms with E-state index in [1.54, 1.807) is 32.9 Å². The van der Waals surface area contributed by atoms with Crippen LogP contribution in [0.25, 0.3) is 11.4 Å². The first-order chi connectivity index (χ1) is 13.5. The van der Waals surface area contributed by atoms with E-state index in [1.165, 1.54) is 7.11 Å². The number of carbonyl (C=O) groups excluding carboxylic acids is 1. The summed E-state index contributed by atoms with van der Waals surface area (Å²) in [5.74, 6) is 1.04. The maximum absolute atomic E-state index is 12.7. The highest BCUT2D eigenvalue weighted by molar-refractivity contribution is 5.97. The van der Waals surface area contributed by atoms with Crippen molar-refractivity contribution in [3.63, 3.8) is 0 Å². The normalized spacial score (nSPS) is 10.8. The topological polar surface area (TPSA) is 83.7 Å². The molecule has 146 valence electrons. The van der Waals surface area contributed by atoms with Crippen molar-refractivity contribution in [1.29, 1.82) is 0 Å². The second-order valence-electron chi connectivity index (χ2n) is 6.41. The number of ether oxygens (including phenoxy) is 3. The van der Waals surface area contributed by atoms with Crippen LogP contribution in [0, 0.1) is 6.92 Å². The van der Waals surface area contributed by atoms with Crippen molar-refractivity contribution in [2.75, 3.05) is 7.11 Å². The average molecular weight is 382 g/mol. The van der Waals surface area contributed by atoms with Gasteiger partial charge < -0.3 is 18.7 Å². The molecule has 0 amide bonds. The third kappa shape index (κ3) is 4.49. The van der Waals surface area contributed by atoms with Gasteiger partial charge in [-0.05, 0) is 31.5 Å². The Balaban J connectivity index is 2.01. The summed E-state index contributed by atoms with van der Waals surface area (Å²) in [6.07, 6.45) is -0.275. The lowest BCUT2D eigenvalue weighted by atomic mass is 10.1. The standard InChI is InChI=1S/C21H22N2O5/c1-13(2)27-21(24)17-11-19(26-12-15-8-6-5-7-9-15)18(25-4)10-16(17)20-22-14(3)28-23-20/h5-11,13H,12H2,1-4H3. The fourth-order valence-corrected chi connectivity index (χ4v) is 2.61. The Morgan fingerprint density at radius 1 is 1.14 bits per heavy atom. The molecule has 0 spiro atoms. The molecule has 2 aromatic carbocycles. The average Bonchev–Trinajstić information content (AvgIpc) is 3.12. The van der Waals surface area contributed by atoms with E-state index in [0.717, 1.165) is 5.56 Å². The van der Waals surface area contributed by atoms with E-state index in [2.05, 4.69) is 10.1 Å². The Morgan fingerprint density at radius 3 is 2.50 bits per heavy atom. The van der Waals surface area contributed by atoms with Gasteiger partial charge in [-0.1, -0.05) is 35.5 Å². The van der Waals surface area contributed by atoms with Crippen LogP contribution in [0.15, 0.2) is 47.0 Å². The third-order valence-electron chi connectivity index (χ3n) is 3.87. The van der Waals surface area contributed by atoms with Crippen LogP contribution in [0.5, 0.6) is 11.5 Å². The van der Waals surface area contributed by atoms with E-state index in [4.69, 9.17) is 18.7 Å². The van der Waals surface area contributed by atoms with E-state index < -0.39 is 5.97 Å². The van der Waals surface area contributed by atoms with Crippen LogP contribution < -0.4 is 9.47 Å². The molecule has 28 heavy (non-hydrogen) atoms. The molecule has 1 heterocycles. The minimum atomic E-state index is -0.500. The largest absolute Gasteiger partial charge is 0.493 e. The van der Waals surface area contributed by atoms with Crippen LogP contribution in [-0.2, 0) is 11.3 Å². The molecule has 0 aliphatic heterocycles. The number of benzene rings is 2. The van der Waals surface area contributed by atoms with Gasteiger partial charge in [-0.15, -0.1) is 0 Å². The van der Waals surface area contributed by atoms with Gasteiger partial charge in [0.1, 0.15) is 6.61 Å². The van der Waals surface area contributed by atoms with Crippen LogP contribution in [0.3, 0.4) is 0 Å². The van der Waals surface area contributed by atoms with Crippen LogP contribution in [0.2, 0.25) is 0 Å². The number of rotatable bonds is 7. The lowest BCUT2D eigenvalue weighted by Crippen LogP contribution is -2.13. The minimum absolute atomic E-state index is 0.275. The van der Waals surface area contributed by atoms with E-state index in [9.17, 15) is 4.79 Å². The van der Waals surface area contributed by atoms with Gasteiger partial charge in [-0.2, -0.15) is 4.98 Å². The lowest BCUT2D eigenvalue weighted by molar-refractivity contribution is 0.0378. The zero-order chi connectivity index (χ0) is 20.1. The molecule has 0 aliphatic rings. The fraction of sp³-hybridized carbons (Fsp3) is 0.286. The molecule has 7 nitrogen and oxygen atoms in total. The van der Waals surface area contributed by atoms with E-state index in [-0.39, 0.29) is 17.5 Å². The van der Waals surface area contributed by atoms with E-state index in [0.29, 0.717) is 29.6 Å². The quantitative estimate of drug-likeness (QED) is 0.566. The number of carbonyl (C=O) groups is 1. The molecule has 0 saturated heterocycles. The van der Waals surface area contributed by atoms with Crippen molar-refractivity contribution in [3.05, 3.63) is 59.5 Å². The third-order valence-corrected chi connectivity index (χ3v) is 3.87. The van der Waals surface area contributed by atoms with Crippen molar-refractivity contribution >= 4 is 5.97 Å². The maximum atomic E-state index is 12.7. The molecule has 0 aliphatic carbocycles. The fourth-order valence-electron chi connectivity index (χ4n) is 2.61. The Kier molecular flexibility index (Phi) is 5.93. The summed E-state index contributed by atoms with van der Waals surface area (Å²) in [5, 5.41) is 3.92.